The number of ether oxygens (including phenoxy) is 9. The molecule has 1 aromatic carbocycles. The standard InChI is InChI=1S/C30H45NO14/c1-20(32)31-27-29(44-23(4)35)28(43-22(3)34)26(19-42-21(2)33)45-30(27)41-15-14-38-11-10-37-12-13-39-17-25(36)18-40-16-24-8-6-5-7-9-24/h5-9,25-30,36H,10-19H2,1-4H3,(H,31,32)/t25-,26+,27+,28-,29+,30+/m0/s1. The van der Waals surface area contributed by atoms with Crippen LogP contribution in [0.1, 0.15) is 33.3 Å². The van der Waals surface area contributed by atoms with Gasteiger partial charge in [0, 0.05) is 27.7 Å². The number of amides is 1. The van der Waals surface area contributed by atoms with Crippen LogP contribution in [0.4, 0.5) is 0 Å². The Hall–Kier alpha value is -3.18. The normalized spacial score (nSPS) is 21.8. The zero-order valence-electron chi connectivity index (χ0n) is 26.2. The highest BCUT2D eigenvalue weighted by Gasteiger charge is 2.51. The van der Waals surface area contributed by atoms with E-state index in [0.29, 0.717) is 13.2 Å². The molecule has 0 aliphatic carbocycles. The van der Waals surface area contributed by atoms with E-state index < -0.39 is 60.6 Å². The van der Waals surface area contributed by atoms with E-state index in [2.05, 4.69) is 5.32 Å². The van der Waals surface area contributed by atoms with Crippen LogP contribution < -0.4 is 5.32 Å². The highest BCUT2D eigenvalue weighted by atomic mass is 16.7. The smallest absolute Gasteiger partial charge is 0.303 e. The monoisotopic (exact) mass is 643 g/mol. The third-order valence-corrected chi connectivity index (χ3v) is 6.06. The molecule has 45 heavy (non-hydrogen) atoms. The molecule has 254 valence electrons. The topological polar surface area (TPSA) is 184 Å². The average molecular weight is 644 g/mol. The molecule has 1 fully saturated rings. The van der Waals surface area contributed by atoms with Gasteiger partial charge in [0.2, 0.25) is 5.91 Å². The molecule has 1 heterocycles. The third-order valence-electron chi connectivity index (χ3n) is 6.06. The fourth-order valence-corrected chi connectivity index (χ4v) is 4.25. The number of aliphatic hydroxyl groups is 1. The van der Waals surface area contributed by atoms with Gasteiger partial charge in [-0.3, -0.25) is 19.2 Å². The van der Waals surface area contributed by atoms with Crippen LogP contribution in [0.5, 0.6) is 0 Å². The lowest BCUT2D eigenvalue weighted by Gasteiger charge is -2.44. The molecule has 15 nitrogen and oxygen atoms in total. The number of nitrogens with one attached hydrogen (secondary N) is 1. The minimum atomic E-state index is -1.20. The second kappa shape index (κ2) is 21.5. The number of hydrogen-bond donors (Lipinski definition) is 2. The fourth-order valence-electron chi connectivity index (χ4n) is 4.25. The predicted molar refractivity (Wildman–Crippen MR) is 155 cm³/mol. The second-order valence-corrected chi connectivity index (χ2v) is 10.0. The highest BCUT2D eigenvalue weighted by molar-refractivity contribution is 5.73. The van der Waals surface area contributed by atoms with Crippen molar-refractivity contribution >= 4 is 23.8 Å². The summed E-state index contributed by atoms with van der Waals surface area (Å²) in [6.07, 6.45) is -5.37. The molecular formula is C30H45NO14. The summed E-state index contributed by atoms with van der Waals surface area (Å²) in [5.41, 5.74) is 1.02. The zero-order valence-corrected chi connectivity index (χ0v) is 26.2. The van der Waals surface area contributed by atoms with Crippen molar-refractivity contribution in [2.45, 2.75) is 71.0 Å². The number of hydrogen-bond acceptors (Lipinski definition) is 14. The first-order valence-corrected chi connectivity index (χ1v) is 14.6. The van der Waals surface area contributed by atoms with Crippen molar-refractivity contribution in [1.82, 2.24) is 5.32 Å². The lowest BCUT2D eigenvalue weighted by Crippen LogP contribution is -2.66. The molecule has 1 saturated heterocycles. The first-order valence-electron chi connectivity index (χ1n) is 14.6. The van der Waals surface area contributed by atoms with Gasteiger partial charge in [0.05, 0.1) is 59.5 Å². The molecule has 6 atom stereocenters. The summed E-state index contributed by atoms with van der Waals surface area (Å²) in [5.74, 6) is -2.47. The predicted octanol–water partition coefficient (Wildman–Crippen LogP) is 0.287. The molecule has 1 aromatic rings. The molecule has 1 aliphatic rings. The molecule has 0 saturated carbocycles. The number of carbonyl (C=O) groups excluding carboxylic acids is 4. The number of benzene rings is 1. The van der Waals surface area contributed by atoms with Crippen molar-refractivity contribution in [3.05, 3.63) is 35.9 Å². The van der Waals surface area contributed by atoms with Gasteiger partial charge < -0.3 is 53.1 Å². The van der Waals surface area contributed by atoms with Crippen LogP contribution in [0, 0.1) is 0 Å². The van der Waals surface area contributed by atoms with Gasteiger partial charge in [0.1, 0.15) is 24.9 Å². The third kappa shape index (κ3) is 16.1. The van der Waals surface area contributed by atoms with Crippen molar-refractivity contribution in [2.75, 3.05) is 59.5 Å². The van der Waals surface area contributed by atoms with Crippen molar-refractivity contribution in [3.8, 4) is 0 Å². The van der Waals surface area contributed by atoms with Gasteiger partial charge in [0.25, 0.3) is 0 Å². The molecule has 0 bridgehead atoms. The Balaban J connectivity index is 1.71. The Kier molecular flexibility index (Phi) is 18.2. The molecule has 1 amide bonds. The molecule has 0 aromatic heterocycles. The van der Waals surface area contributed by atoms with Crippen LogP contribution in [-0.4, -0.2) is 125 Å². The van der Waals surface area contributed by atoms with Crippen LogP contribution >= 0.6 is 0 Å². The van der Waals surface area contributed by atoms with E-state index in [0.717, 1.165) is 19.4 Å². The number of esters is 3. The molecule has 2 N–H and O–H groups in total. The van der Waals surface area contributed by atoms with Crippen molar-refractivity contribution < 1.29 is 66.9 Å². The number of carbonyl (C=O) groups is 4. The van der Waals surface area contributed by atoms with Gasteiger partial charge >= 0.3 is 17.9 Å². The lowest BCUT2D eigenvalue weighted by molar-refractivity contribution is -0.279. The Bertz CT molecular complexity index is 1030. The Morgan fingerprint density at radius 2 is 1.36 bits per heavy atom. The minimum absolute atomic E-state index is 0.0133. The summed E-state index contributed by atoms with van der Waals surface area (Å²) in [6, 6.07) is 8.61. The van der Waals surface area contributed by atoms with Crippen LogP contribution in [0.25, 0.3) is 0 Å². The van der Waals surface area contributed by atoms with Crippen molar-refractivity contribution in [3.63, 3.8) is 0 Å². The molecule has 1 aliphatic heterocycles. The summed E-state index contributed by atoms with van der Waals surface area (Å²) >= 11 is 0. The molecule has 0 radical (unpaired) electrons. The van der Waals surface area contributed by atoms with E-state index in [1.807, 2.05) is 30.3 Å². The Morgan fingerprint density at radius 1 is 0.778 bits per heavy atom. The zero-order chi connectivity index (χ0) is 33.0. The van der Waals surface area contributed by atoms with Gasteiger partial charge in [-0.05, 0) is 5.56 Å². The molecule has 0 unspecified atom stereocenters. The van der Waals surface area contributed by atoms with Crippen LogP contribution in [-0.2, 0) is 68.4 Å². The van der Waals surface area contributed by atoms with Crippen LogP contribution in [0.2, 0.25) is 0 Å². The largest absolute Gasteiger partial charge is 0.463 e. The summed E-state index contributed by atoms with van der Waals surface area (Å²) in [6.45, 7) is 6.41. The second-order valence-electron chi connectivity index (χ2n) is 10.0. The van der Waals surface area contributed by atoms with Gasteiger partial charge in [-0.1, -0.05) is 30.3 Å². The fraction of sp³-hybridized carbons (Fsp3) is 0.667. The summed E-state index contributed by atoms with van der Waals surface area (Å²) in [7, 11) is 0. The van der Waals surface area contributed by atoms with Crippen LogP contribution in [0.15, 0.2) is 30.3 Å². The van der Waals surface area contributed by atoms with E-state index in [9.17, 15) is 24.3 Å². The van der Waals surface area contributed by atoms with Gasteiger partial charge in [-0.15, -0.1) is 0 Å². The SMILES string of the molecule is CC(=O)N[C@H]1[C@H](OCCOCCOCCOC[C@H](O)COCc2ccccc2)O[C@H](COC(C)=O)[C@H](OC(C)=O)[C@@H]1OC(C)=O. The molecule has 0 spiro atoms. The van der Waals surface area contributed by atoms with Gasteiger partial charge in [-0.2, -0.15) is 0 Å². The van der Waals surface area contributed by atoms with Gasteiger partial charge in [0.15, 0.2) is 18.5 Å². The van der Waals surface area contributed by atoms with Crippen molar-refractivity contribution in [1.29, 1.82) is 0 Å². The van der Waals surface area contributed by atoms with E-state index in [1.54, 1.807) is 0 Å². The van der Waals surface area contributed by atoms with Crippen LogP contribution in [0.3, 0.4) is 0 Å². The first-order chi connectivity index (χ1) is 21.6. The van der Waals surface area contributed by atoms with Gasteiger partial charge in [-0.25, -0.2) is 0 Å². The van der Waals surface area contributed by atoms with E-state index in [4.69, 9.17) is 42.6 Å². The minimum Gasteiger partial charge on any atom is -0.463 e. The van der Waals surface area contributed by atoms with E-state index in [1.165, 1.54) is 13.8 Å². The lowest BCUT2D eigenvalue weighted by atomic mass is 9.96. The molecule has 2 rings (SSSR count). The number of aliphatic hydroxyl groups excluding tert-OH is 1. The quantitative estimate of drug-likeness (QED) is 0.106. The van der Waals surface area contributed by atoms with Crippen molar-refractivity contribution in [2.24, 2.45) is 0 Å². The first kappa shape index (κ1) is 38.0. The summed E-state index contributed by atoms with van der Waals surface area (Å²) < 4.78 is 49.4. The summed E-state index contributed by atoms with van der Waals surface area (Å²) in [4.78, 5) is 47.1. The maximum atomic E-state index is 12.0. The van der Waals surface area contributed by atoms with E-state index in [-0.39, 0.29) is 52.9 Å². The maximum Gasteiger partial charge on any atom is 0.303 e. The Labute approximate surface area is 262 Å². The Morgan fingerprint density at radius 3 is 1.96 bits per heavy atom. The highest BCUT2D eigenvalue weighted by Crippen LogP contribution is 2.28. The summed E-state index contributed by atoms with van der Waals surface area (Å²) in [5, 5.41) is 12.6. The number of rotatable bonds is 21. The average Bonchev–Trinajstić information content (AvgIpc) is 2.97. The maximum absolute atomic E-state index is 12.0. The molecular weight excluding hydrogens is 598 g/mol. The van der Waals surface area contributed by atoms with E-state index >= 15 is 0 Å². The molecule has 15 heteroatoms.